The molecule has 11 nitrogen and oxygen atoms in total. The van der Waals surface area contributed by atoms with E-state index >= 15 is 0 Å². The molecule has 0 aromatic carbocycles. The predicted molar refractivity (Wildman–Crippen MR) is 301 cm³/mol. The molecular formula is C62H117NO10. The first kappa shape index (κ1) is 69.2. The van der Waals surface area contributed by atoms with Crippen molar-refractivity contribution in [1.82, 2.24) is 5.32 Å². The number of esters is 1. The first-order valence-electron chi connectivity index (χ1n) is 31.1. The van der Waals surface area contributed by atoms with Gasteiger partial charge in [-0.1, -0.05) is 263 Å². The number of hydrogen-bond acceptors (Lipinski definition) is 10. The van der Waals surface area contributed by atoms with Gasteiger partial charge >= 0.3 is 5.97 Å². The second-order valence-corrected chi connectivity index (χ2v) is 21.8. The molecule has 1 aliphatic rings. The first-order chi connectivity index (χ1) is 35.7. The molecule has 8 unspecified atom stereocenters. The average Bonchev–Trinajstić information content (AvgIpc) is 3.39. The summed E-state index contributed by atoms with van der Waals surface area (Å²) in [5.41, 5.74) is 0. The van der Waals surface area contributed by atoms with Gasteiger partial charge in [0.2, 0.25) is 5.91 Å². The van der Waals surface area contributed by atoms with Crippen LogP contribution in [-0.4, -0.2) is 99.6 Å². The molecule has 1 amide bonds. The fraction of sp³-hybridized carbons (Fsp3) is 0.903. The number of carbonyl (C=O) groups excluding carboxylic acids is 2. The molecule has 0 saturated carbocycles. The zero-order chi connectivity index (χ0) is 53.3. The number of aliphatic hydroxyl groups is 5. The van der Waals surface area contributed by atoms with E-state index in [4.69, 9.17) is 14.2 Å². The van der Waals surface area contributed by atoms with Gasteiger partial charge in [0, 0.05) is 6.42 Å². The summed E-state index contributed by atoms with van der Waals surface area (Å²) in [6, 6.07) is -1.02. The molecule has 1 rings (SSSR count). The van der Waals surface area contributed by atoms with Crippen LogP contribution >= 0.6 is 0 Å². The highest BCUT2D eigenvalue weighted by atomic mass is 16.7. The fourth-order valence-electron chi connectivity index (χ4n) is 9.88. The normalized spacial score (nSPS) is 19.5. The van der Waals surface area contributed by atoms with Crippen LogP contribution in [0, 0.1) is 0 Å². The van der Waals surface area contributed by atoms with Crippen molar-refractivity contribution in [3.63, 3.8) is 0 Å². The van der Waals surface area contributed by atoms with Crippen molar-refractivity contribution in [2.24, 2.45) is 0 Å². The molecule has 1 heterocycles. The summed E-state index contributed by atoms with van der Waals surface area (Å²) in [5.74, 6) is -1.20. The quantitative estimate of drug-likeness (QED) is 0.0195. The zero-order valence-corrected chi connectivity index (χ0v) is 47.5. The van der Waals surface area contributed by atoms with Crippen molar-refractivity contribution in [2.75, 3.05) is 13.2 Å². The van der Waals surface area contributed by atoms with Crippen LogP contribution in [0.3, 0.4) is 0 Å². The highest BCUT2D eigenvalue weighted by Crippen LogP contribution is 2.26. The maximum atomic E-state index is 13.4. The van der Waals surface area contributed by atoms with Crippen molar-refractivity contribution >= 4 is 11.9 Å². The van der Waals surface area contributed by atoms with Gasteiger partial charge in [-0.3, -0.25) is 9.59 Å². The summed E-state index contributed by atoms with van der Waals surface area (Å²) in [6.07, 6.45) is 47.9. The zero-order valence-electron chi connectivity index (χ0n) is 47.5. The fourth-order valence-corrected chi connectivity index (χ4v) is 9.88. The van der Waals surface area contributed by atoms with Crippen LogP contribution in [0.1, 0.15) is 297 Å². The third-order valence-corrected chi connectivity index (χ3v) is 14.9. The standard InChI is InChI=1S/C62H117NO10/c1-4-7-10-13-16-19-22-25-26-27-28-29-32-34-37-40-43-46-49-55(66)61(70)63-53(54(65)48-45-42-39-36-33-30-23-20-17-14-11-8-5-2)52-71-62-60(59(69)58(68)56(51-64)72-62)73-57(67)50-47-44-41-38-35-31-24-21-18-15-12-9-6-3/h31,35,45,48,53-56,58-60,62,64-66,68-69H,4-30,32-34,36-44,46-47,49-52H2,1-3H3,(H,63,70)/b35-31-,48-45+. The van der Waals surface area contributed by atoms with E-state index in [1.54, 1.807) is 6.08 Å². The highest BCUT2D eigenvalue weighted by molar-refractivity contribution is 5.80. The monoisotopic (exact) mass is 1040 g/mol. The summed E-state index contributed by atoms with van der Waals surface area (Å²) < 4.78 is 17.6. The molecule has 1 saturated heterocycles. The van der Waals surface area contributed by atoms with E-state index in [2.05, 4.69) is 38.2 Å². The Hall–Kier alpha value is -1.86. The van der Waals surface area contributed by atoms with E-state index in [9.17, 15) is 35.1 Å². The van der Waals surface area contributed by atoms with Gasteiger partial charge in [0.05, 0.1) is 25.4 Å². The Bertz CT molecular complexity index is 1280. The molecule has 6 N–H and O–H groups in total. The lowest BCUT2D eigenvalue weighted by molar-refractivity contribution is -0.305. The van der Waals surface area contributed by atoms with Crippen molar-refractivity contribution in [3.8, 4) is 0 Å². The van der Waals surface area contributed by atoms with Crippen LogP contribution in [0.25, 0.3) is 0 Å². The van der Waals surface area contributed by atoms with Crippen LogP contribution in [0.2, 0.25) is 0 Å². The number of ether oxygens (including phenoxy) is 3. The van der Waals surface area contributed by atoms with Crippen LogP contribution in [0.4, 0.5) is 0 Å². The smallest absolute Gasteiger partial charge is 0.306 e. The molecule has 0 aromatic heterocycles. The molecule has 8 atom stereocenters. The largest absolute Gasteiger partial charge is 0.454 e. The molecule has 0 radical (unpaired) electrons. The van der Waals surface area contributed by atoms with E-state index in [-0.39, 0.29) is 13.0 Å². The Balaban J connectivity index is 2.69. The minimum absolute atomic E-state index is 0.107. The lowest BCUT2D eigenvalue weighted by atomic mass is 9.99. The van der Waals surface area contributed by atoms with Gasteiger partial charge in [0.15, 0.2) is 12.4 Å². The lowest BCUT2D eigenvalue weighted by Crippen LogP contribution is -2.61. The number of allylic oxidation sites excluding steroid dienone is 3. The topological polar surface area (TPSA) is 175 Å². The number of unbranched alkanes of at least 4 members (excludes halogenated alkanes) is 37. The van der Waals surface area contributed by atoms with Gasteiger partial charge < -0.3 is 45.1 Å². The third kappa shape index (κ3) is 39.2. The van der Waals surface area contributed by atoms with E-state index in [0.29, 0.717) is 19.3 Å². The number of aliphatic hydroxyl groups excluding tert-OH is 5. The van der Waals surface area contributed by atoms with E-state index < -0.39 is 67.4 Å². The van der Waals surface area contributed by atoms with Crippen molar-refractivity contribution in [2.45, 2.75) is 346 Å². The van der Waals surface area contributed by atoms with E-state index in [0.717, 1.165) is 64.2 Å². The van der Waals surface area contributed by atoms with Gasteiger partial charge in [-0.05, 0) is 51.4 Å². The van der Waals surface area contributed by atoms with Crippen LogP contribution in [0.5, 0.6) is 0 Å². The van der Waals surface area contributed by atoms with Crippen LogP contribution in [0.15, 0.2) is 24.3 Å². The molecule has 73 heavy (non-hydrogen) atoms. The second kappa shape index (κ2) is 50.9. The van der Waals surface area contributed by atoms with Gasteiger partial charge in [-0.25, -0.2) is 0 Å². The minimum Gasteiger partial charge on any atom is -0.454 e. The Morgan fingerprint density at radius 1 is 0.521 bits per heavy atom. The Morgan fingerprint density at radius 2 is 0.904 bits per heavy atom. The van der Waals surface area contributed by atoms with Crippen molar-refractivity contribution < 1.29 is 49.3 Å². The SMILES string of the molecule is CCCCCCCC/C=C\CCCCCC(=O)OC1C(OCC(NC(=O)C(O)CCCCCCCCCCCCCCCCCCCC)C(O)/C=C/CCCCCCCCCCCCC)OC(CO)C(O)C1O. The van der Waals surface area contributed by atoms with Crippen LogP contribution < -0.4 is 5.32 Å². The average molecular weight is 1040 g/mol. The molecule has 1 aliphatic heterocycles. The first-order valence-corrected chi connectivity index (χ1v) is 31.1. The van der Waals surface area contributed by atoms with Crippen molar-refractivity contribution in [3.05, 3.63) is 24.3 Å². The van der Waals surface area contributed by atoms with Gasteiger partial charge in [-0.2, -0.15) is 0 Å². The highest BCUT2D eigenvalue weighted by Gasteiger charge is 2.47. The molecule has 0 aliphatic carbocycles. The number of nitrogens with one attached hydrogen (secondary N) is 1. The van der Waals surface area contributed by atoms with E-state index in [1.165, 1.54) is 186 Å². The van der Waals surface area contributed by atoms with Crippen LogP contribution in [-0.2, 0) is 23.8 Å². The van der Waals surface area contributed by atoms with E-state index in [1.807, 2.05) is 6.08 Å². The number of rotatable bonds is 53. The molecule has 0 spiro atoms. The third-order valence-electron chi connectivity index (χ3n) is 14.9. The maximum absolute atomic E-state index is 13.4. The summed E-state index contributed by atoms with van der Waals surface area (Å²) in [4.78, 5) is 26.5. The summed E-state index contributed by atoms with van der Waals surface area (Å²) in [6.45, 7) is 5.80. The molecule has 1 fully saturated rings. The minimum atomic E-state index is -1.61. The number of carbonyl (C=O) groups is 2. The maximum Gasteiger partial charge on any atom is 0.306 e. The van der Waals surface area contributed by atoms with Gasteiger partial charge in [0.1, 0.15) is 24.4 Å². The Labute approximate surface area is 448 Å². The number of hydrogen-bond donors (Lipinski definition) is 6. The molecule has 0 bridgehead atoms. The van der Waals surface area contributed by atoms with Crippen molar-refractivity contribution in [1.29, 1.82) is 0 Å². The molecule has 430 valence electrons. The number of amides is 1. The predicted octanol–water partition coefficient (Wildman–Crippen LogP) is 14.5. The van der Waals surface area contributed by atoms with Gasteiger partial charge in [0.25, 0.3) is 0 Å². The van der Waals surface area contributed by atoms with Gasteiger partial charge in [-0.15, -0.1) is 0 Å². The molecule has 0 aromatic rings. The Morgan fingerprint density at radius 3 is 1.33 bits per heavy atom. The summed E-state index contributed by atoms with van der Waals surface area (Å²) >= 11 is 0. The molecule has 11 heteroatoms. The molecular weight excluding hydrogens is 919 g/mol. The summed E-state index contributed by atoms with van der Waals surface area (Å²) in [7, 11) is 0. The summed E-state index contributed by atoms with van der Waals surface area (Å²) in [5, 5.41) is 56.9. The lowest BCUT2D eigenvalue weighted by Gasteiger charge is -2.41. The Kier molecular flexibility index (Phi) is 48.2. The second-order valence-electron chi connectivity index (χ2n) is 21.8.